The molecule has 0 saturated carbocycles. The predicted molar refractivity (Wildman–Crippen MR) is 133 cm³/mol. The van der Waals surface area contributed by atoms with Gasteiger partial charge in [-0.25, -0.2) is 4.39 Å². The first-order valence-electron chi connectivity index (χ1n) is 11.8. The number of halogens is 1. The van der Waals surface area contributed by atoms with E-state index in [1.54, 1.807) is 6.07 Å². The zero-order valence-electron chi connectivity index (χ0n) is 21.0. The third-order valence-electron chi connectivity index (χ3n) is 6.18. The van der Waals surface area contributed by atoms with E-state index in [1.807, 2.05) is 50.2 Å². The lowest BCUT2D eigenvalue weighted by molar-refractivity contribution is -0.122. The van der Waals surface area contributed by atoms with Crippen molar-refractivity contribution in [1.82, 2.24) is 10.2 Å². The van der Waals surface area contributed by atoms with Gasteiger partial charge in [0.2, 0.25) is 5.91 Å². The Morgan fingerprint density at radius 3 is 2.27 bits per heavy atom. The number of benzene rings is 2. The van der Waals surface area contributed by atoms with Gasteiger partial charge in [-0.15, -0.1) is 0 Å². The number of Topliss-reactive ketones (excluding diaryl/α,β-unsaturated/α-hetero) is 1. The van der Waals surface area contributed by atoms with Crippen LogP contribution in [0.1, 0.15) is 74.4 Å². The Bertz CT molecular complexity index is 919. The van der Waals surface area contributed by atoms with Crippen LogP contribution in [0.2, 0.25) is 0 Å². The lowest BCUT2D eigenvalue weighted by Crippen LogP contribution is -2.42. The van der Waals surface area contributed by atoms with E-state index in [0.717, 1.165) is 11.1 Å². The second-order valence-corrected chi connectivity index (χ2v) is 10.1. The maximum Gasteiger partial charge on any atom is 0.220 e. The third kappa shape index (κ3) is 8.08. The molecule has 2 atom stereocenters. The Balaban J connectivity index is 2.03. The molecule has 0 bridgehead atoms. The minimum atomic E-state index is -0.469. The van der Waals surface area contributed by atoms with Gasteiger partial charge in [0.15, 0.2) is 5.78 Å². The maximum absolute atomic E-state index is 14.5. The highest BCUT2D eigenvalue weighted by molar-refractivity contribution is 5.96. The van der Waals surface area contributed by atoms with Crippen molar-refractivity contribution in [3.05, 3.63) is 71.0 Å². The molecule has 0 aliphatic carbocycles. The summed E-state index contributed by atoms with van der Waals surface area (Å²) in [5.41, 5.74) is 2.08. The van der Waals surface area contributed by atoms with Gasteiger partial charge in [-0.3, -0.25) is 9.59 Å². The van der Waals surface area contributed by atoms with Crippen LogP contribution in [0.5, 0.6) is 0 Å². The number of nitrogens with one attached hydrogen (secondary N) is 1. The highest BCUT2D eigenvalue weighted by Crippen LogP contribution is 2.37. The van der Waals surface area contributed by atoms with Gasteiger partial charge in [0.25, 0.3) is 0 Å². The topological polar surface area (TPSA) is 49.4 Å². The Morgan fingerprint density at radius 2 is 1.73 bits per heavy atom. The van der Waals surface area contributed by atoms with Gasteiger partial charge in [0.1, 0.15) is 5.82 Å². The predicted octanol–water partition coefficient (Wildman–Crippen LogP) is 5.62. The van der Waals surface area contributed by atoms with Crippen LogP contribution in [0, 0.1) is 11.2 Å². The molecule has 0 radical (unpaired) electrons. The fourth-order valence-corrected chi connectivity index (χ4v) is 4.08. The molecule has 0 aliphatic heterocycles. The molecule has 0 aliphatic rings. The molecule has 0 saturated heterocycles. The van der Waals surface area contributed by atoms with Crippen molar-refractivity contribution in [3.8, 4) is 0 Å². The molecule has 1 unspecified atom stereocenters. The van der Waals surface area contributed by atoms with Crippen LogP contribution in [0.25, 0.3) is 0 Å². The Labute approximate surface area is 198 Å². The average molecular weight is 455 g/mol. The van der Waals surface area contributed by atoms with E-state index in [2.05, 4.69) is 38.2 Å². The summed E-state index contributed by atoms with van der Waals surface area (Å²) >= 11 is 0. The average Bonchev–Trinajstić information content (AvgIpc) is 2.74. The SMILES string of the molecule is CCCC(=O)c1ccc(C[C@@H](CNC(=O)CC(c2ccccc2)C(C)(C)C)N(C)C)cc1F. The molecule has 1 N–H and O–H groups in total. The van der Waals surface area contributed by atoms with Crippen LogP contribution >= 0.6 is 0 Å². The van der Waals surface area contributed by atoms with Crippen LogP contribution in [-0.2, 0) is 11.2 Å². The first kappa shape index (κ1) is 26.7. The molecule has 1 amide bonds. The fourth-order valence-electron chi connectivity index (χ4n) is 4.08. The molecule has 33 heavy (non-hydrogen) atoms. The summed E-state index contributed by atoms with van der Waals surface area (Å²) < 4.78 is 14.5. The summed E-state index contributed by atoms with van der Waals surface area (Å²) in [6.45, 7) is 8.84. The molecular formula is C28H39FN2O2. The number of hydrogen-bond acceptors (Lipinski definition) is 3. The molecule has 0 aromatic heterocycles. The van der Waals surface area contributed by atoms with E-state index in [0.29, 0.717) is 32.2 Å². The summed E-state index contributed by atoms with van der Waals surface area (Å²) in [6.07, 6.45) is 2.04. The van der Waals surface area contributed by atoms with Gasteiger partial charge >= 0.3 is 0 Å². The molecule has 0 spiro atoms. The quantitative estimate of drug-likeness (QED) is 0.449. The molecule has 5 heteroatoms. The van der Waals surface area contributed by atoms with E-state index < -0.39 is 5.82 Å². The number of carbonyl (C=O) groups excluding carboxylic acids is 2. The zero-order chi connectivity index (χ0) is 24.6. The van der Waals surface area contributed by atoms with Crippen molar-refractivity contribution >= 4 is 11.7 Å². The summed E-state index contributed by atoms with van der Waals surface area (Å²) in [6, 6.07) is 15.0. The molecule has 2 rings (SSSR count). The molecule has 4 nitrogen and oxygen atoms in total. The van der Waals surface area contributed by atoms with Crippen molar-refractivity contribution in [2.24, 2.45) is 5.41 Å². The first-order chi connectivity index (χ1) is 15.5. The Morgan fingerprint density at radius 1 is 1.06 bits per heavy atom. The molecular weight excluding hydrogens is 415 g/mol. The summed E-state index contributed by atoms with van der Waals surface area (Å²) in [4.78, 5) is 26.9. The van der Waals surface area contributed by atoms with Crippen LogP contribution < -0.4 is 5.32 Å². The minimum Gasteiger partial charge on any atom is -0.355 e. The molecule has 2 aromatic carbocycles. The van der Waals surface area contributed by atoms with Gasteiger partial charge in [-0.2, -0.15) is 0 Å². The van der Waals surface area contributed by atoms with E-state index in [9.17, 15) is 14.0 Å². The van der Waals surface area contributed by atoms with E-state index in [-0.39, 0.29) is 34.6 Å². The van der Waals surface area contributed by atoms with Crippen molar-refractivity contribution < 1.29 is 14.0 Å². The zero-order valence-corrected chi connectivity index (χ0v) is 21.0. The van der Waals surface area contributed by atoms with E-state index in [4.69, 9.17) is 0 Å². The Hall–Kier alpha value is -2.53. The number of ketones is 1. The molecule has 0 fully saturated rings. The smallest absolute Gasteiger partial charge is 0.220 e. The lowest BCUT2D eigenvalue weighted by atomic mass is 9.74. The maximum atomic E-state index is 14.5. The van der Waals surface area contributed by atoms with Crippen molar-refractivity contribution in [1.29, 1.82) is 0 Å². The Kier molecular flexibility index (Phi) is 9.78. The van der Waals surface area contributed by atoms with Gasteiger partial charge < -0.3 is 10.2 Å². The molecule has 180 valence electrons. The van der Waals surface area contributed by atoms with Crippen LogP contribution in [-0.4, -0.2) is 43.3 Å². The van der Waals surface area contributed by atoms with Gasteiger partial charge in [-0.1, -0.05) is 64.1 Å². The van der Waals surface area contributed by atoms with Crippen LogP contribution in [0.3, 0.4) is 0 Å². The normalized spacial score (nSPS) is 13.6. The lowest BCUT2D eigenvalue weighted by Gasteiger charge is -2.31. The van der Waals surface area contributed by atoms with E-state index >= 15 is 0 Å². The van der Waals surface area contributed by atoms with Crippen molar-refractivity contribution in [3.63, 3.8) is 0 Å². The number of likely N-dealkylation sites (N-methyl/N-ethyl adjacent to an activating group) is 1. The second-order valence-electron chi connectivity index (χ2n) is 10.1. The summed E-state index contributed by atoms with van der Waals surface area (Å²) in [7, 11) is 3.91. The molecule has 0 heterocycles. The third-order valence-corrected chi connectivity index (χ3v) is 6.18. The number of hydrogen-bond donors (Lipinski definition) is 1. The fraction of sp³-hybridized carbons (Fsp3) is 0.500. The summed E-state index contributed by atoms with van der Waals surface area (Å²) in [5, 5.41) is 3.09. The van der Waals surface area contributed by atoms with Gasteiger partial charge in [-0.05, 0) is 61.5 Å². The second kappa shape index (κ2) is 12.1. The van der Waals surface area contributed by atoms with Crippen LogP contribution in [0.15, 0.2) is 48.5 Å². The highest BCUT2D eigenvalue weighted by atomic mass is 19.1. The van der Waals surface area contributed by atoms with Gasteiger partial charge in [0, 0.05) is 25.4 Å². The number of nitrogens with zero attached hydrogens (tertiary/aromatic N) is 1. The summed E-state index contributed by atoms with van der Waals surface area (Å²) in [5.74, 6) is -0.510. The van der Waals surface area contributed by atoms with Crippen LogP contribution in [0.4, 0.5) is 4.39 Å². The van der Waals surface area contributed by atoms with Crippen molar-refractivity contribution in [2.45, 2.75) is 65.3 Å². The number of rotatable bonds is 11. The number of carbonyl (C=O) groups is 2. The monoisotopic (exact) mass is 454 g/mol. The van der Waals surface area contributed by atoms with E-state index in [1.165, 1.54) is 6.07 Å². The largest absolute Gasteiger partial charge is 0.355 e. The van der Waals surface area contributed by atoms with Crippen molar-refractivity contribution in [2.75, 3.05) is 20.6 Å². The minimum absolute atomic E-state index is 0.00959. The van der Waals surface area contributed by atoms with Gasteiger partial charge in [0.05, 0.1) is 5.56 Å². The number of amides is 1. The highest BCUT2D eigenvalue weighted by Gasteiger charge is 2.28. The molecule has 2 aromatic rings. The first-order valence-corrected chi connectivity index (χ1v) is 11.8. The standard InChI is InChI=1S/C28H39FN2O2/c1-7-11-26(32)23-15-14-20(17-25(23)29)16-22(31(5)6)19-30-27(33)18-24(28(2,3)4)21-12-9-8-10-13-21/h8-10,12-15,17,22,24H,7,11,16,18-19H2,1-6H3,(H,30,33)/t22-,24?/m0/s1.